The summed E-state index contributed by atoms with van der Waals surface area (Å²) in [6, 6.07) is 45.0. The number of aliphatic hydroxyl groups excluding tert-OH is 2. The van der Waals surface area contributed by atoms with Crippen molar-refractivity contribution in [2.75, 3.05) is 0 Å². The summed E-state index contributed by atoms with van der Waals surface area (Å²) < 4.78 is 2.52. The maximum atomic E-state index is 9.51. The summed E-state index contributed by atoms with van der Waals surface area (Å²) in [6.07, 6.45) is 3.81. The molecule has 225 valence electrons. The number of benzene rings is 3. The molecule has 44 heavy (non-hydrogen) atoms. The molecule has 0 spiro atoms. The second-order valence-electron chi connectivity index (χ2n) is 9.96. The summed E-state index contributed by atoms with van der Waals surface area (Å²) in [6.45, 7) is 1.69. The van der Waals surface area contributed by atoms with E-state index in [4.69, 9.17) is 5.11 Å². The third-order valence-corrected chi connectivity index (χ3v) is 8.60. The number of pyridine rings is 2. The third-order valence-electron chi connectivity index (χ3n) is 6.42. The number of aliphatic hydroxyl groups is 2. The monoisotopic (exact) mass is 793 g/mol. The van der Waals surface area contributed by atoms with Gasteiger partial charge in [-0.2, -0.15) is 0 Å². The van der Waals surface area contributed by atoms with E-state index in [-0.39, 0.29) is 20.1 Å². The molecule has 0 saturated carbocycles. The van der Waals surface area contributed by atoms with Crippen LogP contribution in [0, 0.1) is 12.1 Å². The van der Waals surface area contributed by atoms with Gasteiger partial charge in [-0.3, -0.25) is 0 Å². The van der Waals surface area contributed by atoms with Crippen molar-refractivity contribution in [2.45, 2.75) is 32.0 Å². The molecular weight excluding hydrogens is 761 g/mol. The minimum atomic E-state index is -0.442. The van der Waals surface area contributed by atoms with Crippen LogP contribution >= 0.6 is 22.7 Å². The number of hydrogen-bond acceptors (Lipinski definition) is 6. The normalized spacial score (nSPS) is 11.8. The first-order valence-corrected chi connectivity index (χ1v) is 15.7. The van der Waals surface area contributed by atoms with E-state index in [1.807, 2.05) is 91.3 Å². The zero-order valence-corrected chi connectivity index (χ0v) is 28.2. The zero-order valence-electron chi connectivity index (χ0n) is 24.1. The Morgan fingerprint density at radius 3 is 1.50 bits per heavy atom. The van der Waals surface area contributed by atoms with Crippen LogP contribution in [0.5, 0.6) is 0 Å². The van der Waals surface area contributed by atoms with Crippen molar-refractivity contribution >= 4 is 42.8 Å². The molecule has 7 aromatic rings. The van der Waals surface area contributed by atoms with Crippen molar-refractivity contribution < 1.29 is 30.3 Å². The van der Waals surface area contributed by atoms with Crippen molar-refractivity contribution in [3.63, 3.8) is 0 Å². The number of thiophene rings is 2. The van der Waals surface area contributed by atoms with Crippen molar-refractivity contribution in [3.8, 4) is 21.1 Å². The fourth-order valence-corrected chi connectivity index (χ4v) is 6.39. The maximum Gasteiger partial charge on any atom is 0.0605 e. The van der Waals surface area contributed by atoms with E-state index < -0.39 is 12.2 Å². The van der Waals surface area contributed by atoms with E-state index in [1.165, 1.54) is 20.2 Å². The van der Waals surface area contributed by atoms with E-state index in [1.54, 1.807) is 29.6 Å². The van der Waals surface area contributed by atoms with E-state index in [0.717, 1.165) is 26.7 Å². The van der Waals surface area contributed by atoms with Gasteiger partial charge in [0.05, 0.1) is 12.2 Å². The summed E-state index contributed by atoms with van der Waals surface area (Å²) in [7, 11) is 0. The minimum absolute atomic E-state index is 0. The number of nitrogens with zero attached hydrogens (tertiary/aromatic N) is 2. The predicted octanol–water partition coefficient (Wildman–Crippen LogP) is 8.89. The van der Waals surface area contributed by atoms with Gasteiger partial charge in [-0.05, 0) is 56.6 Å². The van der Waals surface area contributed by atoms with Gasteiger partial charge in [0.25, 0.3) is 0 Å². The quantitative estimate of drug-likeness (QED) is 0.165. The van der Waals surface area contributed by atoms with Crippen LogP contribution in [0.4, 0.5) is 0 Å². The van der Waals surface area contributed by atoms with Gasteiger partial charge >= 0.3 is 0 Å². The smallest absolute Gasteiger partial charge is 0.0605 e. The molecule has 7 rings (SSSR count). The SMILES string of the molecule is CC(O)CC(O)Cc1ccccc1.[Ir].[c-]1c(-c2ccccn2)sc2ccccc12.[c-]1c(-c2ccccn2)sc2ccccc12. The topological polar surface area (TPSA) is 66.2 Å². The van der Waals surface area contributed by atoms with E-state index in [9.17, 15) is 5.11 Å². The van der Waals surface area contributed by atoms with Crippen LogP contribution in [-0.4, -0.2) is 32.4 Å². The molecule has 0 aliphatic carbocycles. The van der Waals surface area contributed by atoms with Gasteiger partial charge in [0.2, 0.25) is 0 Å². The first-order chi connectivity index (χ1) is 21.0. The average Bonchev–Trinajstić information content (AvgIpc) is 3.68. The third kappa shape index (κ3) is 9.73. The van der Waals surface area contributed by atoms with Crippen molar-refractivity contribution in [3.05, 3.63) is 145 Å². The van der Waals surface area contributed by atoms with Crippen LogP contribution < -0.4 is 0 Å². The van der Waals surface area contributed by atoms with Gasteiger partial charge in [-0.25, -0.2) is 22.7 Å². The molecule has 7 heteroatoms. The van der Waals surface area contributed by atoms with Gasteiger partial charge < -0.3 is 20.2 Å². The van der Waals surface area contributed by atoms with Crippen molar-refractivity contribution in [2.24, 2.45) is 0 Å². The van der Waals surface area contributed by atoms with Crippen LogP contribution in [0.15, 0.2) is 128 Å². The predicted molar refractivity (Wildman–Crippen MR) is 180 cm³/mol. The van der Waals surface area contributed by atoms with Gasteiger partial charge in [0, 0.05) is 43.9 Å². The van der Waals surface area contributed by atoms with E-state index in [2.05, 4.69) is 58.5 Å². The molecule has 3 aromatic carbocycles. The van der Waals surface area contributed by atoms with E-state index >= 15 is 0 Å². The van der Waals surface area contributed by atoms with Crippen LogP contribution in [-0.2, 0) is 26.5 Å². The Kier molecular flexibility index (Phi) is 12.9. The first kappa shape index (κ1) is 33.3. The van der Waals surface area contributed by atoms with Crippen LogP contribution in [0.25, 0.3) is 41.3 Å². The van der Waals surface area contributed by atoms with Crippen molar-refractivity contribution in [1.29, 1.82) is 0 Å². The Morgan fingerprint density at radius 1 is 0.614 bits per heavy atom. The Balaban J connectivity index is 0.000000150. The van der Waals surface area contributed by atoms with Gasteiger partial charge in [-0.1, -0.05) is 78.9 Å². The molecular formula is C37H32IrN2O2S2-2. The molecule has 0 aliphatic rings. The summed E-state index contributed by atoms with van der Waals surface area (Å²) >= 11 is 3.46. The van der Waals surface area contributed by atoms with Gasteiger partial charge in [0.15, 0.2) is 0 Å². The number of rotatable bonds is 6. The second kappa shape index (κ2) is 17.1. The molecule has 0 bridgehead atoms. The summed E-state index contributed by atoms with van der Waals surface area (Å²) in [4.78, 5) is 10.9. The largest absolute Gasteiger partial charge is 0.393 e. The maximum absolute atomic E-state index is 9.51. The molecule has 2 atom stereocenters. The summed E-state index contributed by atoms with van der Waals surface area (Å²) in [5.74, 6) is 0. The Bertz CT molecular complexity index is 1650. The van der Waals surface area contributed by atoms with Gasteiger partial charge in [0.1, 0.15) is 0 Å². The fourth-order valence-electron chi connectivity index (χ4n) is 4.42. The molecule has 4 aromatic heterocycles. The minimum Gasteiger partial charge on any atom is -0.393 e. The zero-order chi connectivity index (χ0) is 29.9. The van der Waals surface area contributed by atoms with Crippen LogP contribution in [0.1, 0.15) is 18.9 Å². The number of aromatic nitrogens is 2. The molecule has 0 saturated heterocycles. The second-order valence-corrected chi connectivity index (χ2v) is 12.1. The number of hydrogen-bond donors (Lipinski definition) is 2. The van der Waals surface area contributed by atoms with E-state index in [0.29, 0.717) is 12.8 Å². The van der Waals surface area contributed by atoms with Crippen LogP contribution in [0.3, 0.4) is 0 Å². The average molecular weight is 793 g/mol. The molecule has 2 unspecified atom stereocenters. The Morgan fingerprint density at radius 2 is 1.07 bits per heavy atom. The van der Waals surface area contributed by atoms with Crippen LogP contribution in [0.2, 0.25) is 0 Å². The first-order valence-electron chi connectivity index (χ1n) is 14.1. The van der Waals surface area contributed by atoms with Gasteiger partial charge in [-0.15, -0.1) is 47.2 Å². The molecule has 4 heterocycles. The van der Waals surface area contributed by atoms with Crippen molar-refractivity contribution in [1.82, 2.24) is 9.97 Å². The number of fused-ring (bicyclic) bond motifs is 2. The molecule has 0 amide bonds. The molecule has 0 fully saturated rings. The molecule has 4 nitrogen and oxygen atoms in total. The Hall–Kier alpha value is -3.55. The molecule has 1 radical (unpaired) electrons. The summed E-state index contributed by atoms with van der Waals surface area (Å²) in [5, 5.41) is 20.9. The summed E-state index contributed by atoms with van der Waals surface area (Å²) in [5.41, 5.74) is 3.10. The standard InChI is InChI=1S/2C13H8NS.C11H16O2.Ir/c2*1-2-7-12-10(5-1)9-13(15-12)11-6-3-4-8-14-11;1-9(12)7-11(13)8-10-5-3-2-4-6-10;/h2*1-8H;2-6,9,11-13H,7-8H2,1H3;/q2*-1;;. The Labute approximate surface area is 280 Å². The molecule has 2 N–H and O–H groups in total. The fraction of sp³-hybridized carbons (Fsp3) is 0.135. The molecule has 0 aliphatic heterocycles.